The maximum Gasteiger partial charge on any atom is 0.0835 e. The summed E-state index contributed by atoms with van der Waals surface area (Å²) < 4.78 is 12.5. The first kappa shape index (κ1) is 15.4. The summed E-state index contributed by atoms with van der Waals surface area (Å²) in [6.45, 7) is 7.63. The van der Waals surface area contributed by atoms with Crippen LogP contribution in [0.15, 0.2) is 6.20 Å². The molecule has 1 atom stereocenters. The van der Waals surface area contributed by atoms with E-state index >= 15 is 0 Å². The van der Waals surface area contributed by atoms with E-state index in [4.69, 9.17) is 26.8 Å². The number of nitrogens with zero attached hydrogens (tertiary/aromatic N) is 2. The van der Waals surface area contributed by atoms with E-state index in [0.29, 0.717) is 24.8 Å². The second-order valence-electron chi connectivity index (χ2n) is 4.61. The highest BCUT2D eigenvalue weighted by molar-refractivity contribution is 6.31. The molecule has 0 aliphatic heterocycles. The van der Waals surface area contributed by atoms with Gasteiger partial charge < -0.3 is 15.2 Å². The third-order valence-corrected chi connectivity index (χ3v) is 3.19. The normalized spacial score (nSPS) is 13.9. The van der Waals surface area contributed by atoms with Crippen molar-refractivity contribution in [1.82, 2.24) is 9.78 Å². The van der Waals surface area contributed by atoms with Crippen LogP contribution in [0.1, 0.15) is 32.5 Å². The number of methoxy groups -OCH3 is 1. The second kappa shape index (κ2) is 6.52. The van der Waals surface area contributed by atoms with E-state index in [1.54, 1.807) is 18.0 Å². The molecule has 1 unspecified atom stereocenters. The van der Waals surface area contributed by atoms with Crippen molar-refractivity contribution in [2.24, 2.45) is 5.73 Å². The van der Waals surface area contributed by atoms with E-state index in [1.807, 2.05) is 20.8 Å². The molecule has 18 heavy (non-hydrogen) atoms. The van der Waals surface area contributed by atoms with Gasteiger partial charge in [-0.15, -0.1) is 0 Å². The highest BCUT2D eigenvalue weighted by atomic mass is 35.5. The number of ether oxygens (including phenoxy) is 2. The molecule has 0 saturated heterocycles. The molecule has 1 aromatic rings. The highest BCUT2D eigenvalue weighted by Gasteiger charge is 2.32. The van der Waals surface area contributed by atoms with E-state index in [0.717, 1.165) is 5.69 Å². The molecule has 6 heteroatoms. The van der Waals surface area contributed by atoms with Gasteiger partial charge in [0, 0.05) is 13.7 Å². The van der Waals surface area contributed by atoms with Crippen molar-refractivity contribution in [3.63, 3.8) is 0 Å². The van der Waals surface area contributed by atoms with Crippen molar-refractivity contribution in [3.05, 3.63) is 16.9 Å². The fourth-order valence-electron chi connectivity index (χ4n) is 1.83. The zero-order valence-corrected chi connectivity index (χ0v) is 12.2. The average molecular weight is 276 g/mol. The smallest absolute Gasteiger partial charge is 0.0835 e. The van der Waals surface area contributed by atoms with Gasteiger partial charge in [-0.3, -0.25) is 4.68 Å². The number of hydrogen-bond acceptors (Lipinski definition) is 4. The summed E-state index contributed by atoms with van der Waals surface area (Å²) in [5, 5.41) is 4.78. The molecule has 0 radical (unpaired) electrons. The van der Waals surface area contributed by atoms with Crippen LogP contribution in [0.2, 0.25) is 5.02 Å². The topological polar surface area (TPSA) is 62.3 Å². The van der Waals surface area contributed by atoms with Gasteiger partial charge in [0.25, 0.3) is 0 Å². The van der Waals surface area contributed by atoms with Gasteiger partial charge in [-0.1, -0.05) is 11.6 Å². The van der Waals surface area contributed by atoms with Crippen molar-refractivity contribution in [2.45, 2.75) is 39.0 Å². The molecule has 1 heterocycles. The van der Waals surface area contributed by atoms with Crippen LogP contribution < -0.4 is 5.73 Å². The third-order valence-electron chi connectivity index (χ3n) is 2.90. The fraction of sp³-hybridized carbons (Fsp3) is 0.750. The Hall–Kier alpha value is -0.620. The maximum atomic E-state index is 6.27. The molecule has 0 fully saturated rings. The van der Waals surface area contributed by atoms with E-state index in [9.17, 15) is 0 Å². The molecule has 1 aromatic heterocycles. The Kier molecular flexibility index (Phi) is 5.59. The molecule has 0 aliphatic carbocycles. The van der Waals surface area contributed by atoms with E-state index in [-0.39, 0.29) is 6.04 Å². The lowest BCUT2D eigenvalue weighted by Crippen LogP contribution is -2.39. The summed E-state index contributed by atoms with van der Waals surface area (Å²) in [6.07, 6.45) is 1.61. The first-order valence-corrected chi connectivity index (χ1v) is 6.41. The van der Waals surface area contributed by atoms with Crippen LogP contribution in [0, 0.1) is 0 Å². The summed E-state index contributed by atoms with van der Waals surface area (Å²) in [5.41, 5.74) is 6.55. The van der Waals surface area contributed by atoms with E-state index < -0.39 is 5.60 Å². The van der Waals surface area contributed by atoms with Crippen LogP contribution in [0.25, 0.3) is 0 Å². The van der Waals surface area contributed by atoms with Gasteiger partial charge in [-0.2, -0.15) is 5.10 Å². The van der Waals surface area contributed by atoms with Crippen molar-refractivity contribution in [3.8, 4) is 0 Å². The Morgan fingerprint density at radius 3 is 2.78 bits per heavy atom. The van der Waals surface area contributed by atoms with Gasteiger partial charge in [0.05, 0.1) is 41.7 Å². The van der Waals surface area contributed by atoms with Gasteiger partial charge in [-0.05, 0) is 20.8 Å². The molecular weight excluding hydrogens is 254 g/mol. The molecule has 5 nitrogen and oxygen atoms in total. The van der Waals surface area contributed by atoms with Gasteiger partial charge >= 0.3 is 0 Å². The molecular formula is C12H22ClN3O2. The summed E-state index contributed by atoms with van der Waals surface area (Å²) in [6, 6.07) is -0.343. The quantitative estimate of drug-likeness (QED) is 0.827. The van der Waals surface area contributed by atoms with E-state index in [1.165, 1.54) is 0 Å². The molecule has 0 amide bonds. The Labute approximate surface area is 113 Å². The molecule has 0 bridgehead atoms. The monoisotopic (exact) mass is 275 g/mol. The predicted molar refractivity (Wildman–Crippen MR) is 71.7 cm³/mol. The number of hydrogen-bond donors (Lipinski definition) is 1. The van der Waals surface area contributed by atoms with Crippen molar-refractivity contribution < 1.29 is 9.47 Å². The number of rotatable bonds is 7. The number of halogens is 1. The standard InChI is InChI=1S/C12H22ClN3O2/c1-5-18-12(2,3)11(14)10-9(13)8-15-16(10)6-7-17-4/h8,11H,5-7,14H2,1-4H3. The van der Waals surface area contributed by atoms with Gasteiger partial charge in [-0.25, -0.2) is 0 Å². The summed E-state index contributed by atoms with van der Waals surface area (Å²) in [4.78, 5) is 0. The fourth-order valence-corrected chi connectivity index (χ4v) is 2.09. The van der Waals surface area contributed by atoms with Crippen LogP contribution in [-0.2, 0) is 16.0 Å². The Morgan fingerprint density at radius 1 is 1.56 bits per heavy atom. The lowest BCUT2D eigenvalue weighted by Gasteiger charge is -2.32. The highest BCUT2D eigenvalue weighted by Crippen LogP contribution is 2.31. The zero-order chi connectivity index (χ0) is 13.8. The lowest BCUT2D eigenvalue weighted by atomic mass is 9.96. The Morgan fingerprint density at radius 2 is 2.22 bits per heavy atom. The molecule has 2 N–H and O–H groups in total. The Balaban J connectivity index is 2.96. The minimum Gasteiger partial charge on any atom is -0.383 e. The number of aromatic nitrogens is 2. The molecule has 1 rings (SSSR count). The molecule has 104 valence electrons. The molecule has 0 spiro atoms. The van der Waals surface area contributed by atoms with Crippen molar-refractivity contribution >= 4 is 11.6 Å². The Bertz CT molecular complexity index is 379. The van der Waals surface area contributed by atoms with Crippen LogP contribution >= 0.6 is 11.6 Å². The minimum absolute atomic E-state index is 0.343. The van der Waals surface area contributed by atoms with E-state index in [2.05, 4.69) is 5.10 Å². The van der Waals surface area contributed by atoms with Crippen LogP contribution in [0.3, 0.4) is 0 Å². The summed E-state index contributed by atoms with van der Waals surface area (Å²) in [5.74, 6) is 0. The number of nitrogens with two attached hydrogens (primary N) is 1. The predicted octanol–water partition coefficient (Wildman–Crippen LogP) is 2.00. The minimum atomic E-state index is -0.497. The maximum absolute atomic E-state index is 6.27. The molecule has 0 aromatic carbocycles. The first-order valence-electron chi connectivity index (χ1n) is 6.03. The molecule has 0 saturated carbocycles. The SMILES string of the molecule is CCOC(C)(C)C(N)c1c(Cl)cnn1CCOC. The lowest BCUT2D eigenvalue weighted by molar-refractivity contribution is -0.0317. The average Bonchev–Trinajstić information content (AvgIpc) is 2.66. The second-order valence-corrected chi connectivity index (χ2v) is 5.02. The molecule has 0 aliphatic rings. The van der Waals surface area contributed by atoms with Crippen LogP contribution in [-0.4, -0.2) is 35.7 Å². The summed E-state index contributed by atoms with van der Waals surface area (Å²) in [7, 11) is 1.65. The van der Waals surface area contributed by atoms with Crippen molar-refractivity contribution in [2.75, 3.05) is 20.3 Å². The van der Waals surface area contributed by atoms with Crippen LogP contribution in [0.5, 0.6) is 0 Å². The largest absolute Gasteiger partial charge is 0.383 e. The zero-order valence-electron chi connectivity index (χ0n) is 11.4. The van der Waals surface area contributed by atoms with Crippen LogP contribution in [0.4, 0.5) is 0 Å². The first-order chi connectivity index (χ1) is 8.44. The summed E-state index contributed by atoms with van der Waals surface area (Å²) >= 11 is 6.17. The van der Waals surface area contributed by atoms with Gasteiger partial charge in [0.1, 0.15) is 0 Å². The van der Waals surface area contributed by atoms with Crippen molar-refractivity contribution in [1.29, 1.82) is 0 Å². The third kappa shape index (κ3) is 3.45. The van der Waals surface area contributed by atoms with Gasteiger partial charge in [0.2, 0.25) is 0 Å². The van der Waals surface area contributed by atoms with Gasteiger partial charge in [0.15, 0.2) is 0 Å².